The molecule has 23 heavy (non-hydrogen) atoms. The smallest absolute Gasteiger partial charge is 0.232 e. The number of halogens is 1. The van der Waals surface area contributed by atoms with Gasteiger partial charge in [0.2, 0.25) is 11.8 Å². The van der Waals surface area contributed by atoms with E-state index in [0.717, 1.165) is 12.8 Å². The van der Waals surface area contributed by atoms with Gasteiger partial charge in [-0.1, -0.05) is 25.5 Å². The Morgan fingerprint density at radius 3 is 2.52 bits per heavy atom. The van der Waals surface area contributed by atoms with Gasteiger partial charge in [-0.2, -0.15) is 0 Å². The largest absolute Gasteiger partial charge is 0.366 e. The molecule has 0 radical (unpaired) electrons. The molecule has 2 rings (SSSR count). The zero-order chi connectivity index (χ0) is 16.7. The number of rotatable bonds is 6. The summed E-state index contributed by atoms with van der Waals surface area (Å²) in [5, 5.41) is 2.75. The summed E-state index contributed by atoms with van der Waals surface area (Å²) >= 11 is 0. The van der Waals surface area contributed by atoms with Crippen molar-refractivity contribution in [3.8, 4) is 0 Å². The molecule has 0 aromatic heterocycles. The maximum Gasteiger partial charge on any atom is 0.232 e. The summed E-state index contributed by atoms with van der Waals surface area (Å²) in [5.41, 5.74) is 0.567. The highest BCUT2D eigenvalue weighted by molar-refractivity contribution is 5.96. The SMILES string of the molecule is CCCCNC(=O)CC(=O)N1CCN(c2ccccc2F)CC1. The van der Waals surface area contributed by atoms with Crippen LogP contribution in [0.4, 0.5) is 10.1 Å². The molecule has 5 nitrogen and oxygen atoms in total. The molecule has 0 aliphatic carbocycles. The van der Waals surface area contributed by atoms with E-state index in [0.29, 0.717) is 38.4 Å². The minimum atomic E-state index is -0.248. The topological polar surface area (TPSA) is 52.7 Å². The van der Waals surface area contributed by atoms with E-state index < -0.39 is 0 Å². The van der Waals surface area contributed by atoms with Gasteiger partial charge in [-0.25, -0.2) is 4.39 Å². The van der Waals surface area contributed by atoms with Gasteiger partial charge in [-0.3, -0.25) is 9.59 Å². The van der Waals surface area contributed by atoms with E-state index in [-0.39, 0.29) is 24.1 Å². The lowest BCUT2D eigenvalue weighted by atomic mass is 10.2. The molecule has 126 valence electrons. The number of para-hydroxylation sites is 1. The maximum absolute atomic E-state index is 13.8. The number of carbonyl (C=O) groups excluding carboxylic acids is 2. The van der Waals surface area contributed by atoms with Crippen LogP contribution in [0.1, 0.15) is 26.2 Å². The minimum Gasteiger partial charge on any atom is -0.366 e. The molecule has 6 heteroatoms. The van der Waals surface area contributed by atoms with Crippen LogP contribution in [-0.2, 0) is 9.59 Å². The van der Waals surface area contributed by atoms with Crippen molar-refractivity contribution in [2.24, 2.45) is 0 Å². The van der Waals surface area contributed by atoms with Crippen LogP contribution in [0, 0.1) is 5.82 Å². The molecule has 1 N–H and O–H groups in total. The van der Waals surface area contributed by atoms with Crippen LogP contribution < -0.4 is 10.2 Å². The number of piperazine rings is 1. The molecule has 1 fully saturated rings. The van der Waals surface area contributed by atoms with Crippen LogP contribution in [0.3, 0.4) is 0 Å². The molecule has 0 bridgehead atoms. The zero-order valence-corrected chi connectivity index (χ0v) is 13.6. The highest BCUT2D eigenvalue weighted by atomic mass is 19.1. The number of unbranched alkanes of at least 4 members (excludes halogenated alkanes) is 1. The molecule has 0 spiro atoms. The number of benzene rings is 1. The molecular formula is C17H24FN3O2. The molecule has 0 atom stereocenters. The van der Waals surface area contributed by atoms with Crippen molar-refractivity contribution in [2.75, 3.05) is 37.6 Å². The standard InChI is InChI=1S/C17H24FN3O2/c1-2-3-8-19-16(22)13-17(23)21-11-9-20(10-12-21)15-7-5-4-6-14(15)18/h4-7H,2-3,8-13H2,1H3,(H,19,22). The predicted octanol–water partition coefficient (Wildman–Crippen LogP) is 1.78. The first-order chi connectivity index (χ1) is 11.1. The Hall–Kier alpha value is -2.11. The summed E-state index contributed by atoms with van der Waals surface area (Å²) < 4.78 is 13.8. The number of hydrogen-bond donors (Lipinski definition) is 1. The Bertz CT molecular complexity index is 542. The molecule has 0 unspecified atom stereocenters. The second-order valence-electron chi connectivity index (χ2n) is 5.70. The van der Waals surface area contributed by atoms with Crippen molar-refractivity contribution in [2.45, 2.75) is 26.2 Å². The summed E-state index contributed by atoms with van der Waals surface area (Å²) in [7, 11) is 0. The number of hydrogen-bond acceptors (Lipinski definition) is 3. The Kier molecular flexibility index (Phi) is 6.38. The summed E-state index contributed by atoms with van der Waals surface area (Å²) in [5.74, 6) is -0.630. The zero-order valence-electron chi connectivity index (χ0n) is 13.6. The number of amides is 2. The lowest BCUT2D eigenvalue weighted by Crippen LogP contribution is -2.49. The van der Waals surface area contributed by atoms with E-state index in [4.69, 9.17) is 0 Å². The van der Waals surface area contributed by atoms with E-state index in [1.165, 1.54) is 6.07 Å². The van der Waals surface area contributed by atoms with Crippen LogP contribution in [-0.4, -0.2) is 49.4 Å². The van der Waals surface area contributed by atoms with Crippen molar-refractivity contribution in [1.82, 2.24) is 10.2 Å². The molecule has 1 aromatic carbocycles. The summed E-state index contributed by atoms with van der Waals surface area (Å²) in [4.78, 5) is 27.4. The molecular weight excluding hydrogens is 297 g/mol. The van der Waals surface area contributed by atoms with Gasteiger partial charge in [0.25, 0.3) is 0 Å². The van der Waals surface area contributed by atoms with Crippen LogP contribution in [0.2, 0.25) is 0 Å². The molecule has 2 amide bonds. The first-order valence-corrected chi connectivity index (χ1v) is 8.15. The van der Waals surface area contributed by atoms with Crippen LogP contribution in [0.25, 0.3) is 0 Å². The highest BCUT2D eigenvalue weighted by Crippen LogP contribution is 2.20. The fourth-order valence-corrected chi connectivity index (χ4v) is 2.62. The van der Waals surface area contributed by atoms with E-state index in [2.05, 4.69) is 5.32 Å². The van der Waals surface area contributed by atoms with E-state index in [1.54, 1.807) is 23.1 Å². The quantitative estimate of drug-likeness (QED) is 0.642. The summed E-state index contributed by atoms with van der Waals surface area (Å²) in [6.45, 7) is 4.83. The first kappa shape index (κ1) is 17.2. The maximum atomic E-state index is 13.8. The lowest BCUT2D eigenvalue weighted by Gasteiger charge is -2.36. The van der Waals surface area contributed by atoms with Crippen LogP contribution in [0.5, 0.6) is 0 Å². The van der Waals surface area contributed by atoms with Gasteiger partial charge in [-0.15, -0.1) is 0 Å². The molecule has 1 heterocycles. The van der Waals surface area contributed by atoms with Gasteiger partial charge in [0, 0.05) is 32.7 Å². The number of anilines is 1. The van der Waals surface area contributed by atoms with Gasteiger partial charge in [-0.05, 0) is 18.6 Å². The fraction of sp³-hybridized carbons (Fsp3) is 0.529. The third kappa shape index (κ3) is 4.94. The van der Waals surface area contributed by atoms with Gasteiger partial charge < -0.3 is 15.1 Å². The van der Waals surface area contributed by atoms with E-state index in [9.17, 15) is 14.0 Å². The highest BCUT2D eigenvalue weighted by Gasteiger charge is 2.23. The number of nitrogens with one attached hydrogen (secondary N) is 1. The van der Waals surface area contributed by atoms with Gasteiger partial charge in [0.05, 0.1) is 5.69 Å². The third-order valence-corrected chi connectivity index (χ3v) is 3.99. The first-order valence-electron chi connectivity index (χ1n) is 8.15. The lowest BCUT2D eigenvalue weighted by molar-refractivity contribution is -0.136. The number of nitrogens with zero attached hydrogens (tertiary/aromatic N) is 2. The second-order valence-corrected chi connectivity index (χ2v) is 5.70. The van der Waals surface area contributed by atoms with Crippen molar-refractivity contribution in [3.05, 3.63) is 30.1 Å². The fourth-order valence-electron chi connectivity index (χ4n) is 2.62. The predicted molar refractivity (Wildman–Crippen MR) is 87.7 cm³/mol. The van der Waals surface area contributed by atoms with Crippen molar-refractivity contribution in [3.63, 3.8) is 0 Å². The van der Waals surface area contributed by atoms with E-state index in [1.807, 2.05) is 11.8 Å². The summed E-state index contributed by atoms with van der Waals surface area (Å²) in [6, 6.07) is 6.65. The Morgan fingerprint density at radius 2 is 1.87 bits per heavy atom. The molecule has 1 aromatic rings. The van der Waals surface area contributed by atoms with Crippen molar-refractivity contribution < 1.29 is 14.0 Å². The second kappa shape index (κ2) is 8.50. The van der Waals surface area contributed by atoms with Crippen molar-refractivity contribution >= 4 is 17.5 Å². The van der Waals surface area contributed by atoms with E-state index >= 15 is 0 Å². The number of carbonyl (C=O) groups is 2. The average molecular weight is 321 g/mol. The summed E-state index contributed by atoms with van der Waals surface area (Å²) in [6.07, 6.45) is 1.82. The normalized spacial score (nSPS) is 14.7. The van der Waals surface area contributed by atoms with Crippen LogP contribution >= 0.6 is 0 Å². The minimum absolute atomic E-state index is 0.108. The van der Waals surface area contributed by atoms with Crippen molar-refractivity contribution in [1.29, 1.82) is 0 Å². The molecule has 1 aliphatic heterocycles. The third-order valence-electron chi connectivity index (χ3n) is 3.99. The van der Waals surface area contributed by atoms with Gasteiger partial charge in [0.15, 0.2) is 0 Å². The Morgan fingerprint density at radius 1 is 1.17 bits per heavy atom. The molecule has 0 saturated carbocycles. The molecule has 1 aliphatic rings. The Balaban J connectivity index is 1.79. The van der Waals surface area contributed by atoms with Gasteiger partial charge >= 0.3 is 0 Å². The molecule has 1 saturated heterocycles. The Labute approximate surface area is 136 Å². The van der Waals surface area contributed by atoms with Gasteiger partial charge in [0.1, 0.15) is 12.2 Å². The monoisotopic (exact) mass is 321 g/mol. The van der Waals surface area contributed by atoms with Crippen LogP contribution in [0.15, 0.2) is 24.3 Å². The average Bonchev–Trinajstić information content (AvgIpc) is 2.56.